The summed E-state index contributed by atoms with van der Waals surface area (Å²) < 4.78 is 6.27. The largest absolute Gasteiger partial charge is 0.461 e. The molecule has 0 saturated heterocycles. The zero-order valence-corrected chi connectivity index (χ0v) is 14.6. The summed E-state index contributed by atoms with van der Waals surface area (Å²) in [5, 5.41) is 5.12. The number of rotatable bonds is 3. The van der Waals surface area contributed by atoms with Crippen LogP contribution in [-0.2, 0) is 12.8 Å². The molecule has 1 aliphatic heterocycles. The van der Waals surface area contributed by atoms with Crippen molar-refractivity contribution in [3.8, 4) is 0 Å². The SMILES string of the molecule is c1ccc(C[C@@H]2Cc3oc4ccccc4c3[C@H](c3ccccc3)N2)cc1. The van der Waals surface area contributed by atoms with E-state index in [1.807, 2.05) is 6.07 Å². The van der Waals surface area contributed by atoms with Gasteiger partial charge in [0.25, 0.3) is 0 Å². The monoisotopic (exact) mass is 339 g/mol. The molecule has 1 aromatic heterocycles. The summed E-state index contributed by atoms with van der Waals surface area (Å²) in [5.74, 6) is 1.12. The highest BCUT2D eigenvalue weighted by molar-refractivity contribution is 5.83. The third kappa shape index (κ3) is 2.73. The highest BCUT2D eigenvalue weighted by Crippen LogP contribution is 2.38. The van der Waals surface area contributed by atoms with Crippen LogP contribution in [0.3, 0.4) is 0 Å². The molecule has 0 bridgehead atoms. The first-order chi connectivity index (χ1) is 12.9. The van der Waals surface area contributed by atoms with Crippen LogP contribution < -0.4 is 5.32 Å². The van der Waals surface area contributed by atoms with Gasteiger partial charge in [0.15, 0.2) is 0 Å². The number of nitrogens with one attached hydrogen (secondary N) is 1. The molecule has 1 aliphatic rings. The van der Waals surface area contributed by atoms with E-state index < -0.39 is 0 Å². The minimum atomic E-state index is 0.164. The minimum absolute atomic E-state index is 0.164. The Bertz CT molecular complexity index is 1020. The number of hydrogen-bond acceptors (Lipinski definition) is 2. The van der Waals surface area contributed by atoms with E-state index >= 15 is 0 Å². The van der Waals surface area contributed by atoms with Crippen molar-refractivity contribution in [3.63, 3.8) is 0 Å². The van der Waals surface area contributed by atoms with E-state index in [4.69, 9.17) is 4.42 Å². The highest BCUT2D eigenvalue weighted by atomic mass is 16.3. The molecule has 3 aromatic carbocycles. The van der Waals surface area contributed by atoms with E-state index in [0.717, 1.165) is 24.2 Å². The number of fused-ring (bicyclic) bond motifs is 3. The Labute approximate surface area is 153 Å². The molecule has 0 amide bonds. The molecular weight excluding hydrogens is 318 g/mol. The molecule has 2 atom stereocenters. The van der Waals surface area contributed by atoms with Crippen LogP contribution in [0, 0.1) is 0 Å². The molecule has 1 N–H and O–H groups in total. The lowest BCUT2D eigenvalue weighted by atomic mass is 9.87. The van der Waals surface area contributed by atoms with E-state index in [1.54, 1.807) is 0 Å². The van der Waals surface area contributed by atoms with Crippen LogP contribution in [0.15, 0.2) is 89.3 Å². The third-order valence-electron chi connectivity index (χ3n) is 5.29. The number of benzene rings is 3. The minimum Gasteiger partial charge on any atom is -0.461 e. The van der Waals surface area contributed by atoms with Gasteiger partial charge in [0.05, 0.1) is 6.04 Å². The second-order valence-electron chi connectivity index (χ2n) is 7.04. The van der Waals surface area contributed by atoms with Gasteiger partial charge in [-0.05, 0) is 23.6 Å². The second-order valence-corrected chi connectivity index (χ2v) is 7.04. The third-order valence-corrected chi connectivity index (χ3v) is 5.29. The van der Waals surface area contributed by atoms with Crippen molar-refractivity contribution in [1.82, 2.24) is 5.32 Å². The predicted molar refractivity (Wildman–Crippen MR) is 105 cm³/mol. The van der Waals surface area contributed by atoms with Crippen molar-refractivity contribution in [1.29, 1.82) is 0 Å². The number of para-hydroxylation sites is 1. The Kier molecular flexibility index (Phi) is 3.84. The van der Waals surface area contributed by atoms with Gasteiger partial charge in [-0.25, -0.2) is 0 Å². The number of furan rings is 1. The van der Waals surface area contributed by atoms with Crippen molar-refractivity contribution >= 4 is 11.0 Å². The first-order valence-corrected chi connectivity index (χ1v) is 9.24. The van der Waals surface area contributed by atoms with Crippen molar-refractivity contribution in [2.75, 3.05) is 0 Å². The fourth-order valence-corrected chi connectivity index (χ4v) is 4.12. The molecule has 4 aromatic rings. The Morgan fingerprint density at radius 2 is 1.50 bits per heavy atom. The predicted octanol–water partition coefficient (Wildman–Crippen LogP) is 5.28. The van der Waals surface area contributed by atoms with Crippen LogP contribution in [0.5, 0.6) is 0 Å². The first-order valence-electron chi connectivity index (χ1n) is 9.24. The normalized spacial score (nSPS) is 19.4. The fraction of sp³-hybridized carbons (Fsp3) is 0.167. The summed E-state index contributed by atoms with van der Waals surface area (Å²) >= 11 is 0. The summed E-state index contributed by atoms with van der Waals surface area (Å²) in [6, 6.07) is 30.3. The van der Waals surface area contributed by atoms with Crippen LogP contribution in [0.4, 0.5) is 0 Å². The average Bonchev–Trinajstić information content (AvgIpc) is 3.07. The van der Waals surface area contributed by atoms with E-state index in [-0.39, 0.29) is 6.04 Å². The molecule has 0 saturated carbocycles. The summed E-state index contributed by atoms with van der Waals surface area (Å²) in [7, 11) is 0. The van der Waals surface area contributed by atoms with Crippen molar-refractivity contribution in [3.05, 3.63) is 107 Å². The highest BCUT2D eigenvalue weighted by Gasteiger charge is 2.32. The van der Waals surface area contributed by atoms with Gasteiger partial charge in [0.1, 0.15) is 11.3 Å². The van der Waals surface area contributed by atoms with Crippen LogP contribution >= 0.6 is 0 Å². The fourth-order valence-electron chi connectivity index (χ4n) is 4.12. The van der Waals surface area contributed by atoms with Crippen LogP contribution in [0.1, 0.15) is 28.5 Å². The maximum Gasteiger partial charge on any atom is 0.134 e. The molecule has 0 spiro atoms. The topological polar surface area (TPSA) is 25.2 Å². The van der Waals surface area contributed by atoms with Crippen molar-refractivity contribution in [2.45, 2.75) is 24.9 Å². The van der Waals surface area contributed by atoms with Gasteiger partial charge < -0.3 is 9.73 Å². The summed E-state index contributed by atoms with van der Waals surface area (Å²) in [5.41, 5.74) is 4.94. The lowest BCUT2D eigenvalue weighted by Gasteiger charge is -2.31. The molecule has 26 heavy (non-hydrogen) atoms. The molecule has 2 heteroatoms. The number of hydrogen-bond donors (Lipinski definition) is 1. The van der Waals surface area contributed by atoms with E-state index in [0.29, 0.717) is 6.04 Å². The quantitative estimate of drug-likeness (QED) is 0.549. The van der Waals surface area contributed by atoms with Crippen molar-refractivity contribution < 1.29 is 4.42 Å². The molecule has 0 aliphatic carbocycles. The van der Waals surface area contributed by atoms with Gasteiger partial charge in [0, 0.05) is 23.4 Å². The Morgan fingerprint density at radius 1 is 0.808 bits per heavy atom. The maximum absolute atomic E-state index is 6.27. The van der Waals surface area contributed by atoms with Crippen LogP contribution in [0.25, 0.3) is 11.0 Å². The lowest BCUT2D eigenvalue weighted by Crippen LogP contribution is -2.40. The smallest absolute Gasteiger partial charge is 0.134 e. The van der Waals surface area contributed by atoms with Gasteiger partial charge >= 0.3 is 0 Å². The Morgan fingerprint density at radius 3 is 2.31 bits per heavy atom. The lowest BCUT2D eigenvalue weighted by molar-refractivity contribution is 0.390. The Balaban J connectivity index is 1.58. The standard InChI is InChI=1S/C24H21NO/c1-3-9-17(10-4-1)15-19-16-22-23(20-13-7-8-14-21(20)26-22)24(25-19)18-11-5-2-6-12-18/h1-14,19,24-25H,15-16H2/t19-,24+/m1/s1. The van der Waals surface area contributed by atoms with E-state index in [1.165, 1.54) is 22.1 Å². The van der Waals surface area contributed by atoms with Gasteiger partial charge in [-0.2, -0.15) is 0 Å². The van der Waals surface area contributed by atoms with Gasteiger partial charge in [-0.1, -0.05) is 78.9 Å². The molecule has 2 nitrogen and oxygen atoms in total. The van der Waals surface area contributed by atoms with Gasteiger partial charge in [0.2, 0.25) is 0 Å². The first kappa shape index (κ1) is 15.4. The van der Waals surface area contributed by atoms with E-state index in [9.17, 15) is 0 Å². The molecule has 128 valence electrons. The summed E-state index contributed by atoms with van der Waals surface area (Å²) in [6.45, 7) is 0. The molecule has 0 unspecified atom stereocenters. The molecule has 5 rings (SSSR count). The van der Waals surface area contributed by atoms with Gasteiger partial charge in [-0.3, -0.25) is 0 Å². The second kappa shape index (κ2) is 6.47. The molecule has 0 radical (unpaired) electrons. The van der Waals surface area contributed by atoms with Crippen LogP contribution in [0.2, 0.25) is 0 Å². The maximum atomic E-state index is 6.27. The molecule has 0 fully saturated rings. The van der Waals surface area contributed by atoms with Crippen molar-refractivity contribution in [2.24, 2.45) is 0 Å². The zero-order valence-electron chi connectivity index (χ0n) is 14.6. The summed E-state index contributed by atoms with van der Waals surface area (Å²) in [4.78, 5) is 0. The van der Waals surface area contributed by atoms with Gasteiger partial charge in [-0.15, -0.1) is 0 Å². The molecule has 2 heterocycles. The van der Waals surface area contributed by atoms with E-state index in [2.05, 4.69) is 84.2 Å². The van der Waals surface area contributed by atoms with Crippen LogP contribution in [-0.4, -0.2) is 6.04 Å². The zero-order chi connectivity index (χ0) is 17.3. The Hall–Kier alpha value is -2.84. The summed E-state index contributed by atoms with van der Waals surface area (Å²) in [6.07, 6.45) is 1.92. The average molecular weight is 339 g/mol. The molecular formula is C24H21NO.